The summed E-state index contributed by atoms with van der Waals surface area (Å²) in [5.74, 6) is -1.03. The first-order valence-corrected chi connectivity index (χ1v) is 8.20. The standard InChI is InChI=1S/C19H19NO6/c1-9-11(3)25-15-7-16-14(6-13(9)15)10(2)12(19(24)26-16)4-5-17(21)20-8-18(22)23/h6-7H,4-5,8H2,1-3H3,(H,20,21)(H,22,23)/p-1. The number of furan rings is 1. The quantitative estimate of drug-likeness (QED) is 0.689. The van der Waals surface area contributed by atoms with Gasteiger partial charge in [0, 0.05) is 28.8 Å². The Labute approximate surface area is 148 Å². The summed E-state index contributed by atoms with van der Waals surface area (Å²) in [6, 6.07) is 3.63. The van der Waals surface area contributed by atoms with Crippen molar-refractivity contribution < 1.29 is 23.5 Å². The zero-order valence-electron chi connectivity index (χ0n) is 14.7. The van der Waals surface area contributed by atoms with E-state index in [9.17, 15) is 19.5 Å². The summed E-state index contributed by atoms with van der Waals surface area (Å²) in [4.78, 5) is 34.4. The van der Waals surface area contributed by atoms with E-state index in [4.69, 9.17) is 8.83 Å². The van der Waals surface area contributed by atoms with Gasteiger partial charge in [-0.25, -0.2) is 4.79 Å². The van der Waals surface area contributed by atoms with Gasteiger partial charge in [-0.1, -0.05) is 0 Å². The van der Waals surface area contributed by atoms with Gasteiger partial charge in [-0.3, -0.25) is 4.79 Å². The molecule has 0 fully saturated rings. The number of hydrogen-bond acceptors (Lipinski definition) is 6. The van der Waals surface area contributed by atoms with Crippen LogP contribution in [0, 0.1) is 20.8 Å². The van der Waals surface area contributed by atoms with Crippen molar-refractivity contribution in [2.24, 2.45) is 0 Å². The summed E-state index contributed by atoms with van der Waals surface area (Å²) < 4.78 is 11.1. The SMILES string of the molecule is Cc1oc2cc3oc(=O)c(CCC(=O)NCC(=O)[O-])c(C)c3cc2c1C. The first-order valence-electron chi connectivity index (χ1n) is 8.20. The number of hydrogen-bond donors (Lipinski definition) is 1. The molecule has 3 aromatic rings. The number of nitrogens with one attached hydrogen (secondary N) is 1. The zero-order valence-corrected chi connectivity index (χ0v) is 14.7. The second-order valence-electron chi connectivity index (χ2n) is 6.27. The lowest BCUT2D eigenvalue weighted by molar-refractivity contribution is -0.304. The average Bonchev–Trinajstić information content (AvgIpc) is 2.85. The molecular formula is C19H18NO6-. The van der Waals surface area contributed by atoms with Crippen molar-refractivity contribution in [2.75, 3.05) is 6.54 Å². The number of aryl methyl sites for hydroxylation is 3. The van der Waals surface area contributed by atoms with E-state index in [2.05, 4.69) is 5.32 Å². The Kier molecular flexibility index (Phi) is 4.54. The Morgan fingerprint density at radius 3 is 2.38 bits per heavy atom. The van der Waals surface area contributed by atoms with Crippen molar-refractivity contribution in [1.29, 1.82) is 0 Å². The smallest absolute Gasteiger partial charge is 0.339 e. The van der Waals surface area contributed by atoms with Crippen LogP contribution in [0.1, 0.15) is 28.9 Å². The zero-order chi connectivity index (χ0) is 19.0. The minimum Gasteiger partial charge on any atom is -0.548 e. The molecule has 0 saturated carbocycles. The molecule has 0 unspecified atom stereocenters. The van der Waals surface area contributed by atoms with Crippen LogP contribution >= 0.6 is 0 Å². The second kappa shape index (κ2) is 6.67. The molecular weight excluding hydrogens is 338 g/mol. The molecule has 0 spiro atoms. The summed E-state index contributed by atoms with van der Waals surface area (Å²) in [5.41, 5.74) is 2.74. The Morgan fingerprint density at radius 2 is 1.69 bits per heavy atom. The maximum absolute atomic E-state index is 12.3. The van der Waals surface area contributed by atoms with Gasteiger partial charge in [-0.05, 0) is 44.4 Å². The Hall–Kier alpha value is -3.09. The molecule has 26 heavy (non-hydrogen) atoms. The highest BCUT2D eigenvalue weighted by Gasteiger charge is 2.16. The number of carboxylic acids is 1. The summed E-state index contributed by atoms with van der Waals surface area (Å²) in [6.07, 6.45) is 0.140. The number of aliphatic carboxylic acids is 1. The van der Waals surface area contributed by atoms with E-state index in [0.29, 0.717) is 16.7 Å². The van der Waals surface area contributed by atoms with Crippen molar-refractivity contribution in [3.63, 3.8) is 0 Å². The van der Waals surface area contributed by atoms with Crippen LogP contribution in [0.25, 0.3) is 21.9 Å². The van der Waals surface area contributed by atoms with E-state index < -0.39 is 24.0 Å². The molecule has 0 atom stereocenters. The first kappa shape index (κ1) is 17.7. The molecule has 0 saturated heterocycles. The van der Waals surface area contributed by atoms with Crippen molar-refractivity contribution in [3.05, 3.63) is 45.0 Å². The molecule has 7 nitrogen and oxygen atoms in total. The van der Waals surface area contributed by atoms with Gasteiger partial charge in [-0.15, -0.1) is 0 Å². The minimum atomic E-state index is -1.37. The van der Waals surface area contributed by atoms with Gasteiger partial charge in [0.2, 0.25) is 5.91 Å². The van der Waals surface area contributed by atoms with E-state index in [1.54, 1.807) is 6.07 Å². The van der Waals surface area contributed by atoms with Gasteiger partial charge in [0.15, 0.2) is 0 Å². The van der Waals surface area contributed by atoms with Gasteiger partial charge in [0.25, 0.3) is 0 Å². The van der Waals surface area contributed by atoms with Crippen LogP contribution in [0.5, 0.6) is 0 Å². The average molecular weight is 356 g/mol. The van der Waals surface area contributed by atoms with E-state index in [0.717, 1.165) is 27.7 Å². The number of carbonyl (C=O) groups is 2. The monoisotopic (exact) mass is 356 g/mol. The summed E-state index contributed by atoms with van der Waals surface area (Å²) in [6.45, 7) is 5.09. The van der Waals surface area contributed by atoms with Crippen LogP contribution < -0.4 is 16.0 Å². The molecule has 0 radical (unpaired) electrons. The molecule has 0 aliphatic heterocycles. The fraction of sp³-hybridized carbons (Fsp3) is 0.316. The maximum atomic E-state index is 12.3. The van der Waals surface area contributed by atoms with Crippen LogP contribution in [0.2, 0.25) is 0 Å². The van der Waals surface area contributed by atoms with Gasteiger partial charge in [0.05, 0.1) is 12.5 Å². The second-order valence-corrected chi connectivity index (χ2v) is 6.27. The lowest BCUT2D eigenvalue weighted by Gasteiger charge is -2.09. The van der Waals surface area contributed by atoms with E-state index >= 15 is 0 Å². The summed E-state index contributed by atoms with van der Waals surface area (Å²) in [5, 5.41) is 14.3. The fourth-order valence-electron chi connectivity index (χ4n) is 3.01. The number of carbonyl (C=O) groups excluding carboxylic acids is 2. The molecule has 0 aliphatic carbocycles. The normalized spacial score (nSPS) is 11.2. The highest BCUT2D eigenvalue weighted by atomic mass is 16.4. The van der Waals surface area contributed by atoms with Crippen LogP contribution in [-0.2, 0) is 16.0 Å². The predicted octanol–water partition coefficient (Wildman–Crippen LogP) is 1.26. The Bertz CT molecular complexity index is 1090. The van der Waals surface area contributed by atoms with E-state index in [1.807, 2.05) is 26.8 Å². The molecule has 0 aliphatic rings. The number of carboxylic acid groups (broad SMARTS) is 1. The highest BCUT2D eigenvalue weighted by Crippen LogP contribution is 2.31. The van der Waals surface area contributed by atoms with Gasteiger partial charge >= 0.3 is 5.63 Å². The van der Waals surface area contributed by atoms with Crippen LogP contribution in [-0.4, -0.2) is 18.4 Å². The van der Waals surface area contributed by atoms with Crippen molar-refractivity contribution >= 4 is 33.8 Å². The van der Waals surface area contributed by atoms with Crippen molar-refractivity contribution in [1.82, 2.24) is 5.32 Å². The number of rotatable bonds is 5. The summed E-state index contributed by atoms with van der Waals surface area (Å²) >= 11 is 0. The summed E-state index contributed by atoms with van der Waals surface area (Å²) in [7, 11) is 0. The number of amides is 1. The molecule has 7 heteroatoms. The maximum Gasteiger partial charge on any atom is 0.339 e. The lowest BCUT2D eigenvalue weighted by atomic mass is 10.0. The molecule has 2 heterocycles. The first-order chi connectivity index (χ1) is 12.3. The molecule has 1 aromatic carbocycles. The van der Waals surface area contributed by atoms with Crippen LogP contribution in [0.15, 0.2) is 25.8 Å². The lowest BCUT2D eigenvalue weighted by Crippen LogP contribution is -2.37. The molecule has 2 aromatic heterocycles. The molecule has 1 N–H and O–H groups in total. The largest absolute Gasteiger partial charge is 0.548 e. The van der Waals surface area contributed by atoms with E-state index in [-0.39, 0.29) is 12.8 Å². The van der Waals surface area contributed by atoms with E-state index in [1.165, 1.54) is 0 Å². The topological polar surface area (TPSA) is 113 Å². The van der Waals surface area contributed by atoms with Crippen LogP contribution in [0.4, 0.5) is 0 Å². The Morgan fingerprint density at radius 1 is 1.04 bits per heavy atom. The third-order valence-corrected chi connectivity index (χ3v) is 4.61. The van der Waals surface area contributed by atoms with Gasteiger partial charge < -0.3 is 24.1 Å². The third-order valence-electron chi connectivity index (χ3n) is 4.61. The number of benzene rings is 1. The molecule has 1 amide bonds. The molecule has 136 valence electrons. The van der Waals surface area contributed by atoms with Gasteiger partial charge in [0.1, 0.15) is 16.9 Å². The number of fused-ring (bicyclic) bond motifs is 2. The molecule has 0 bridgehead atoms. The third kappa shape index (κ3) is 3.20. The van der Waals surface area contributed by atoms with Crippen molar-refractivity contribution in [3.8, 4) is 0 Å². The highest BCUT2D eigenvalue weighted by molar-refractivity contribution is 5.96. The Balaban J connectivity index is 1.97. The minimum absolute atomic E-state index is 0.0174. The van der Waals surface area contributed by atoms with Crippen LogP contribution in [0.3, 0.4) is 0 Å². The van der Waals surface area contributed by atoms with Crippen molar-refractivity contribution in [2.45, 2.75) is 33.6 Å². The molecule has 3 rings (SSSR count). The predicted molar refractivity (Wildman–Crippen MR) is 92.8 cm³/mol. The van der Waals surface area contributed by atoms with Gasteiger partial charge in [-0.2, -0.15) is 0 Å². The fourth-order valence-corrected chi connectivity index (χ4v) is 3.01.